The second-order valence-corrected chi connectivity index (χ2v) is 10.7. The Morgan fingerprint density at radius 1 is 0.675 bits per heavy atom. The number of hydrogen-bond donors (Lipinski definition) is 0. The molecule has 0 aliphatic rings. The van der Waals surface area contributed by atoms with Gasteiger partial charge in [0.1, 0.15) is 36.1 Å². The van der Waals surface area contributed by atoms with Crippen molar-refractivity contribution in [2.75, 3.05) is 0 Å². The molecule has 2 aromatic carbocycles. The van der Waals surface area contributed by atoms with E-state index < -0.39 is 10.8 Å². The number of halogens is 2. The molecular formula is C30H34Cl2N8. The average Bonchev–Trinajstić information content (AvgIpc) is 3.69. The summed E-state index contributed by atoms with van der Waals surface area (Å²) in [5.41, 5.74) is 0.782. The van der Waals surface area contributed by atoms with Gasteiger partial charge >= 0.3 is 0 Å². The van der Waals surface area contributed by atoms with Gasteiger partial charge in [-0.2, -0.15) is 20.7 Å². The molecule has 0 bridgehead atoms. The predicted octanol–water partition coefficient (Wildman–Crippen LogP) is 7.17. The zero-order valence-electron chi connectivity index (χ0n) is 22.9. The van der Waals surface area contributed by atoms with E-state index in [0.717, 1.165) is 49.7 Å². The Bertz CT molecular complexity index is 1250. The topological polar surface area (TPSA) is 109 Å². The number of nitrogens with zero attached hydrogens (tertiary/aromatic N) is 8. The van der Waals surface area contributed by atoms with Gasteiger partial charge in [-0.3, -0.25) is 9.36 Å². The van der Waals surface area contributed by atoms with Gasteiger partial charge in [0.05, 0.1) is 25.2 Å². The largest absolute Gasteiger partial charge is 0.251 e. The van der Waals surface area contributed by atoms with Crippen molar-refractivity contribution in [1.29, 1.82) is 10.5 Å². The van der Waals surface area contributed by atoms with Crippen LogP contribution in [-0.4, -0.2) is 29.5 Å². The van der Waals surface area contributed by atoms with Crippen LogP contribution in [0, 0.1) is 22.7 Å². The summed E-state index contributed by atoms with van der Waals surface area (Å²) < 4.78 is 3.43. The molecule has 208 valence electrons. The highest BCUT2D eigenvalue weighted by atomic mass is 35.5. The summed E-state index contributed by atoms with van der Waals surface area (Å²) in [6.45, 7) is 5.26. The van der Waals surface area contributed by atoms with Crippen LogP contribution in [0.1, 0.15) is 63.5 Å². The standard InChI is InChI=1S/2C15H17ClN4/c2*1-2-3-8-15(9-17,10-20-12-18-11-19-20)13-4-6-14(16)7-5-13/h2*4-7,11-12H,2-3,8,10H2,1H3. The number of nitriles is 2. The van der Waals surface area contributed by atoms with E-state index in [9.17, 15) is 10.5 Å². The van der Waals surface area contributed by atoms with Gasteiger partial charge in [-0.05, 0) is 48.2 Å². The van der Waals surface area contributed by atoms with Crippen LogP contribution < -0.4 is 0 Å². The molecule has 0 saturated carbocycles. The maximum absolute atomic E-state index is 9.78. The maximum Gasteiger partial charge on any atom is 0.137 e. The Hall–Kier alpha value is -3.72. The first kappa shape index (κ1) is 30.8. The minimum absolute atomic E-state index is 0.505. The van der Waals surface area contributed by atoms with Crippen molar-refractivity contribution in [3.8, 4) is 12.1 Å². The van der Waals surface area contributed by atoms with Crippen molar-refractivity contribution in [3.63, 3.8) is 0 Å². The highest BCUT2D eigenvalue weighted by Crippen LogP contribution is 2.33. The second kappa shape index (κ2) is 15.2. The molecule has 2 heterocycles. The van der Waals surface area contributed by atoms with Gasteiger partial charge in [0, 0.05) is 10.0 Å². The van der Waals surface area contributed by atoms with Crippen LogP contribution in [0.25, 0.3) is 0 Å². The molecule has 0 fully saturated rings. The molecule has 4 rings (SSSR count). The lowest BCUT2D eigenvalue weighted by molar-refractivity contribution is 0.390. The fraction of sp³-hybridized carbons (Fsp3) is 0.400. The van der Waals surface area contributed by atoms with E-state index >= 15 is 0 Å². The van der Waals surface area contributed by atoms with Crippen LogP contribution >= 0.6 is 23.2 Å². The van der Waals surface area contributed by atoms with Crippen LogP contribution in [-0.2, 0) is 23.9 Å². The molecule has 0 aliphatic heterocycles. The molecule has 4 aromatic rings. The summed E-state index contributed by atoms with van der Waals surface area (Å²) in [5.74, 6) is 0. The van der Waals surface area contributed by atoms with E-state index in [1.165, 1.54) is 12.7 Å². The first-order valence-electron chi connectivity index (χ1n) is 13.4. The van der Waals surface area contributed by atoms with Gasteiger partial charge in [-0.25, -0.2) is 9.97 Å². The van der Waals surface area contributed by atoms with Crippen molar-refractivity contribution in [2.24, 2.45) is 0 Å². The van der Waals surface area contributed by atoms with Crippen LogP contribution in [0.15, 0.2) is 73.8 Å². The third-order valence-corrected chi connectivity index (χ3v) is 7.44. The Labute approximate surface area is 246 Å². The Morgan fingerprint density at radius 2 is 1.05 bits per heavy atom. The van der Waals surface area contributed by atoms with Crippen molar-refractivity contribution in [1.82, 2.24) is 29.5 Å². The molecule has 0 spiro atoms. The summed E-state index contributed by atoms with van der Waals surface area (Å²) in [6, 6.07) is 20.0. The fourth-order valence-electron chi connectivity index (χ4n) is 4.62. The number of benzene rings is 2. The summed E-state index contributed by atoms with van der Waals surface area (Å²) in [4.78, 5) is 7.90. The van der Waals surface area contributed by atoms with Crippen molar-refractivity contribution < 1.29 is 0 Å². The third-order valence-electron chi connectivity index (χ3n) is 6.93. The zero-order chi connectivity index (χ0) is 28.8. The highest BCUT2D eigenvalue weighted by molar-refractivity contribution is 6.30. The minimum Gasteiger partial charge on any atom is -0.251 e. The summed E-state index contributed by atoms with van der Waals surface area (Å²) in [6.07, 6.45) is 11.9. The van der Waals surface area contributed by atoms with E-state index in [4.69, 9.17) is 23.2 Å². The van der Waals surface area contributed by atoms with Gasteiger partial charge in [-0.15, -0.1) is 0 Å². The number of rotatable bonds is 12. The van der Waals surface area contributed by atoms with E-state index in [2.05, 4.69) is 46.2 Å². The molecule has 0 aliphatic carbocycles. The molecule has 10 heteroatoms. The molecule has 0 amide bonds. The van der Waals surface area contributed by atoms with Crippen LogP contribution in [0.2, 0.25) is 10.0 Å². The Balaban J connectivity index is 0.000000220. The molecule has 0 radical (unpaired) electrons. The number of hydrogen-bond acceptors (Lipinski definition) is 6. The maximum atomic E-state index is 9.78. The summed E-state index contributed by atoms with van der Waals surface area (Å²) in [5, 5.41) is 29.2. The van der Waals surface area contributed by atoms with E-state index in [0.29, 0.717) is 23.1 Å². The molecule has 40 heavy (non-hydrogen) atoms. The molecule has 8 nitrogen and oxygen atoms in total. The van der Waals surface area contributed by atoms with Crippen molar-refractivity contribution in [3.05, 3.63) is 95.0 Å². The van der Waals surface area contributed by atoms with Gasteiger partial charge < -0.3 is 0 Å². The van der Waals surface area contributed by atoms with Gasteiger partial charge in [0.2, 0.25) is 0 Å². The first-order valence-corrected chi connectivity index (χ1v) is 14.2. The average molecular weight is 578 g/mol. The van der Waals surface area contributed by atoms with Crippen LogP contribution in [0.5, 0.6) is 0 Å². The Kier molecular flexibility index (Phi) is 11.7. The summed E-state index contributed by atoms with van der Waals surface area (Å²) >= 11 is 11.9. The molecule has 0 saturated heterocycles. The van der Waals surface area contributed by atoms with Crippen molar-refractivity contribution >= 4 is 23.2 Å². The quantitative estimate of drug-likeness (QED) is 0.177. The van der Waals surface area contributed by atoms with Gasteiger partial charge in [0.25, 0.3) is 0 Å². The lowest BCUT2D eigenvalue weighted by atomic mass is 9.77. The third kappa shape index (κ3) is 8.14. The lowest BCUT2D eigenvalue weighted by Gasteiger charge is -2.27. The smallest absolute Gasteiger partial charge is 0.137 e. The predicted molar refractivity (Wildman–Crippen MR) is 157 cm³/mol. The minimum atomic E-state index is -0.589. The first-order chi connectivity index (χ1) is 19.4. The summed E-state index contributed by atoms with van der Waals surface area (Å²) in [7, 11) is 0. The van der Waals surface area contributed by atoms with Crippen LogP contribution in [0.3, 0.4) is 0 Å². The number of unbranched alkanes of at least 4 members (excludes halogenated alkanes) is 2. The molecule has 2 atom stereocenters. The second-order valence-electron chi connectivity index (χ2n) is 9.79. The van der Waals surface area contributed by atoms with Crippen LogP contribution in [0.4, 0.5) is 0 Å². The van der Waals surface area contributed by atoms with Gasteiger partial charge in [0.15, 0.2) is 0 Å². The van der Waals surface area contributed by atoms with Crippen molar-refractivity contribution in [2.45, 2.75) is 76.3 Å². The normalized spacial score (nSPS) is 13.7. The molecular weight excluding hydrogens is 543 g/mol. The lowest BCUT2D eigenvalue weighted by Crippen LogP contribution is -2.30. The zero-order valence-corrected chi connectivity index (χ0v) is 24.4. The molecule has 2 unspecified atom stereocenters. The van der Waals surface area contributed by atoms with E-state index in [1.54, 1.807) is 22.0 Å². The fourth-order valence-corrected chi connectivity index (χ4v) is 4.87. The Morgan fingerprint density at radius 3 is 1.32 bits per heavy atom. The molecule has 0 N–H and O–H groups in total. The number of aromatic nitrogens is 6. The highest BCUT2D eigenvalue weighted by Gasteiger charge is 2.33. The van der Waals surface area contributed by atoms with E-state index in [-0.39, 0.29) is 0 Å². The monoisotopic (exact) mass is 576 g/mol. The molecule has 2 aromatic heterocycles. The van der Waals surface area contributed by atoms with E-state index in [1.807, 2.05) is 48.5 Å². The van der Waals surface area contributed by atoms with Gasteiger partial charge in [-0.1, -0.05) is 87.0 Å². The SMILES string of the molecule is CCCCC(C#N)(Cn1cncn1)c1ccc(Cl)cc1.CCCCC(C#N)(Cn1cncn1)c1ccc(Cl)cc1.